The van der Waals surface area contributed by atoms with Gasteiger partial charge in [0.05, 0.1) is 4.47 Å². The molecule has 0 aliphatic carbocycles. The Balaban J connectivity index is 2.46. The third kappa shape index (κ3) is 6.83. The summed E-state index contributed by atoms with van der Waals surface area (Å²) in [6.45, 7) is 3.21. The number of aromatic nitrogens is 1. The zero-order valence-corrected chi connectivity index (χ0v) is 19.5. The van der Waals surface area contributed by atoms with Crippen LogP contribution < -0.4 is 0 Å². The SMILES string of the molecule is CC(=O)OCC1O[C@H](Sc2cnc(C#N)c(Br)c2)[C@@H](OC(C)=O)C(N=[N+]=[N-])[C@H]1OC(C)=O. The van der Waals surface area contributed by atoms with Gasteiger partial charge in [0.25, 0.3) is 0 Å². The van der Waals surface area contributed by atoms with E-state index in [2.05, 4.69) is 30.9 Å². The molecule has 1 aromatic heterocycles. The number of thioether (sulfide) groups is 1. The summed E-state index contributed by atoms with van der Waals surface area (Å²) in [6, 6.07) is 2.37. The lowest BCUT2D eigenvalue weighted by Crippen LogP contribution is -2.59. The molecule has 170 valence electrons. The van der Waals surface area contributed by atoms with Gasteiger partial charge in [0.15, 0.2) is 5.69 Å². The zero-order chi connectivity index (χ0) is 23.8. The van der Waals surface area contributed by atoms with Gasteiger partial charge in [-0.05, 0) is 27.5 Å². The molecule has 14 heteroatoms. The highest BCUT2D eigenvalue weighted by molar-refractivity contribution is 9.10. The maximum atomic E-state index is 11.8. The summed E-state index contributed by atoms with van der Waals surface area (Å²) in [6.07, 6.45) is -1.93. The number of rotatable bonds is 7. The average Bonchev–Trinajstić information content (AvgIpc) is 2.70. The molecule has 1 aliphatic rings. The van der Waals surface area contributed by atoms with Crippen molar-refractivity contribution in [3.05, 3.63) is 32.9 Å². The minimum atomic E-state index is -1.19. The largest absolute Gasteiger partial charge is 0.463 e. The topological polar surface area (TPSA) is 174 Å². The van der Waals surface area contributed by atoms with Crippen LogP contribution in [-0.4, -0.2) is 59.3 Å². The third-order valence-electron chi connectivity index (χ3n) is 4.03. The Kier molecular flexibility index (Phi) is 9.27. The van der Waals surface area contributed by atoms with Gasteiger partial charge in [0, 0.05) is 36.8 Å². The van der Waals surface area contributed by atoms with E-state index in [0.717, 1.165) is 18.7 Å². The van der Waals surface area contributed by atoms with Crippen molar-refractivity contribution < 1.29 is 33.3 Å². The van der Waals surface area contributed by atoms with Gasteiger partial charge in [0.1, 0.15) is 42.5 Å². The number of halogens is 1. The number of nitriles is 1. The van der Waals surface area contributed by atoms with Crippen LogP contribution in [0.3, 0.4) is 0 Å². The van der Waals surface area contributed by atoms with Crippen LogP contribution in [0.15, 0.2) is 26.7 Å². The Bertz CT molecular complexity index is 981. The monoisotopic (exact) mass is 527 g/mol. The van der Waals surface area contributed by atoms with Crippen molar-refractivity contribution in [1.82, 2.24) is 4.98 Å². The molecular formula is C18H18BrN5O7S. The number of esters is 3. The number of carbonyl (C=O) groups is 3. The fourth-order valence-electron chi connectivity index (χ4n) is 2.87. The van der Waals surface area contributed by atoms with Crippen LogP contribution >= 0.6 is 27.7 Å². The van der Waals surface area contributed by atoms with Crippen molar-refractivity contribution in [2.45, 2.75) is 55.5 Å². The van der Waals surface area contributed by atoms with Crippen LogP contribution in [0, 0.1) is 11.3 Å². The van der Waals surface area contributed by atoms with Crippen LogP contribution in [0.25, 0.3) is 10.4 Å². The molecule has 5 atom stereocenters. The van der Waals surface area contributed by atoms with E-state index in [0.29, 0.717) is 9.37 Å². The van der Waals surface area contributed by atoms with Gasteiger partial charge in [-0.15, -0.1) is 0 Å². The van der Waals surface area contributed by atoms with E-state index >= 15 is 0 Å². The Labute approximate surface area is 195 Å². The fraction of sp³-hybridized carbons (Fsp3) is 0.500. The second kappa shape index (κ2) is 11.7. The molecule has 0 spiro atoms. The van der Waals surface area contributed by atoms with Crippen LogP contribution in [0.1, 0.15) is 26.5 Å². The molecule has 1 aliphatic heterocycles. The van der Waals surface area contributed by atoms with Crippen molar-refractivity contribution in [1.29, 1.82) is 5.26 Å². The highest BCUT2D eigenvalue weighted by Gasteiger charge is 2.50. The first-order chi connectivity index (χ1) is 15.2. The van der Waals surface area contributed by atoms with E-state index in [-0.39, 0.29) is 12.3 Å². The number of nitrogens with zero attached hydrogens (tertiary/aromatic N) is 5. The Morgan fingerprint density at radius 3 is 2.47 bits per heavy atom. The summed E-state index contributed by atoms with van der Waals surface area (Å²) in [7, 11) is 0. The first kappa shape index (κ1) is 25.4. The van der Waals surface area contributed by atoms with Crippen molar-refractivity contribution in [3.63, 3.8) is 0 Å². The molecule has 0 N–H and O–H groups in total. The van der Waals surface area contributed by atoms with E-state index in [1.807, 2.05) is 6.07 Å². The molecule has 0 bridgehead atoms. The first-order valence-electron chi connectivity index (χ1n) is 9.06. The number of ether oxygens (including phenoxy) is 4. The highest BCUT2D eigenvalue weighted by atomic mass is 79.9. The smallest absolute Gasteiger partial charge is 0.303 e. The van der Waals surface area contributed by atoms with Crippen LogP contribution in [0.4, 0.5) is 0 Å². The molecule has 2 heterocycles. The standard InChI is InChI=1S/C18H18BrN5O7S/c1-8(25)28-7-14-16(29-9(2)26)15(23-24-21)17(30-10(3)27)18(31-14)32-11-4-12(19)13(5-20)22-6-11/h4,6,14-18H,7H2,1-3H3/t14?,15?,16-,17-,18+/m0/s1. The van der Waals surface area contributed by atoms with Gasteiger partial charge >= 0.3 is 17.9 Å². The minimum absolute atomic E-state index is 0.171. The molecule has 12 nitrogen and oxygen atoms in total. The fourth-order valence-corrected chi connectivity index (χ4v) is 4.58. The second-order valence-electron chi connectivity index (χ2n) is 6.42. The first-order valence-corrected chi connectivity index (χ1v) is 10.7. The van der Waals surface area contributed by atoms with Gasteiger partial charge < -0.3 is 18.9 Å². The van der Waals surface area contributed by atoms with Gasteiger partial charge in [-0.1, -0.05) is 16.9 Å². The summed E-state index contributed by atoms with van der Waals surface area (Å²) in [4.78, 5) is 42.1. The number of azide groups is 1. The number of carbonyl (C=O) groups excluding carboxylic acids is 3. The molecule has 0 amide bonds. The Morgan fingerprint density at radius 2 is 1.94 bits per heavy atom. The second-order valence-corrected chi connectivity index (χ2v) is 8.45. The molecular weight excluding hydrogens is 510 g/mol. The van der Waals surface area contributed by atoms with E-state index in [9.17, 15) is 14.4 Å². The molecule has 32 heavy (non-hydrogen) atoms. The minimum Gasteiger partial charge on any atom is -0.463 e. The quantitative estimate of drug-likeness (QED) is 0.168. The van der Waals surface area contributed by atoms with Crippen molar-refractivity contribution in [2.24, 2.45) is 5.11 Å². The van der Waals surface area contributed by atoms with Crippen LogP contribution in [-0.2, 0) is 33.3 Å². The van der Waals surface area contributed by atoms with E-state index < -0.39 is 47.7 Å². The van der Waals surface area contributed by atoms with Gasteiger partial charge in [-0.2, -0.15) is 5.26 Å². The molecule has 0 saturated carbocycles. The molecule has 1 aromatic rings. The predicted molar refractivity (Wildman–Crippen MR) is 112 cm³/mol. The number of pyridine rings is 1. The Morgan fingerprint density at radius 1 is 1.28 bits per heavy atom. The van der Waals surface area contributed by atoms with Crippen molar-refractivity contribution in [3.8, 4) is 6.07 Å². The van der Waals surface area contributed by atoms with Gasteiger partial charge in [-0.3, -0.25) is 14.4 Å². The lowest BCUT2D eigenvalue weighted by Gasteiger charge is -2.43. The molecule has 1 fully saturated rings. The maximum Gasteiger partial charge on any atom is 0.303 e. The summed E-state index contributed by atoms with van der Waals surface area (Å²) in [5.74, 6) is -1.97. The normalized spacial score (nSPS) is 24.4. The third-order valence-corrected chi connectivity index (χ3v) is 5.74. The summed E-state index contributed by atoms with van der Waals surface area (Å²) < 4.78 is 22.1. The van der Waals surface area contributed by atoms with E-state index in [1.165, 1.54) is 20.0 Å². The van der Waals surface area contributed by atoms with Crippen molar-refractivity contribution in [2.75, 3.05) is 6.61 Å². The van der Waals surface area contributed by atoms with Gasteiger partial charge in [0.2, 0.25) is 0 Å². The predicted octanol–water partition coefficient (Wildman–Crippen LogP) is 2.64. The summed E-state index contributed by atoms with van der Waals surface area (Å²) in [5, 5.41) is 12.7. The molecule has 2 rings (SSSR count). The lowest BCUT2D eigenvalue weighted by atomic mass is 9.97. The van der Waals surface area contributed by atoms with Crippen LogP contribution in [0.5, 0.6) is 0 Å². The highest BCUT2D eigenvalue weighted by Crippen LogP contribution is 2.38. The molecule has 2 unspecified atom stereocenters. The van der Waals surface area contributed by atoms with E-state index in [4.69, 9.17) is 29.7 Å². The number of hydrogen-bond acceptors (Lipinski definition) is 11. The zero-order valence-electron chi connectivity index (χ0n) is 17.1. The van der Waals surface area contributed by atoms with E-state index in [1.54, 1.807) is 6.07 Å². The molecule has 0 radical (unpaired) electrons. The summed E-state index contributed by atoms with van der Waals surface area (Å²) in [5.41, 5.74) is 8.31. The van der Waals surface area contributed by atoms with Crippen molar-refractivity contribution >= 4 is 45.6 Å². The lowest BCUT2D eigenvalue weighted by molar-refractivity contribution is -0.201. The average molecular weight is 528 g/mol. The van der Waals surface area contributed by atoms with Gasteiger partial charge in [-0.25, -0.2) is 4.98 Å². The van der Waals surface area contributed by atoms with Crippen LogP contribution in [0.2, 0.25) is 0 Å². The Hall–Kier alpha value is -2.85. The molecule has 0 aromatic carbocycles. The summed E-state index contributed by atoms with van der Waals surface area (Å²) >= 11 is 4.32. The maximum absolute atomic E-state index is 11.8. The number of hydrogen-bond donors (Lipinski definition) is 0. The molecule has 1 saturated heterocycles.